The van der Waals surface area contributed by atoms with Crippen LogP contribution in [0.25, 0.3) is 10.9 Å². The van der Waals surface area contributed by atoms with Crippen molar-refractivity contribution in [2.45, 2.75) is 13.0 Å². The summed E-state index contributed by atoms with van der Waals surface area (Å²) in [5, 5.41) is 19.3. The Morgan fingerprint density at radius 1 is 1.29 bits per heavy atom. The molecule has 0 aliphatic carbocycles. The van der Waals surface area contributed by atoms with E-state index in [4.69, 9.17) is 11.6 Å². The lowest BCUT2D eigenvalue weighted by Gasteiger charge is -2.09. The summed E-state index contributed by atoms with van der Waals surface area (Å²) >= 11 is 5.97. The summed E-state index contributed by atoms with van der Waals surface area (Å²) in [5.74, 6) is -0.380. The van der Waals surface area contributed by atoms with Gasteiger partial charge in [0.2, 0.25) is 6.33 Å². The number of nitro groups is 1. The molecule has 0 amide bonds. The average Bonchev–Trinajstić information content (AvgIpc) is 3.00. The van der Waals surface area contributed by atoms with Crippen molar-refractivity contribution < 1.29 is 4.92 Å². The SMILES string of the molecule is Cl.O=[N+]([O-])c1ncn(CCCNc2ccnc3cc(Cl)ccc23)n1. The highest BCUT2D eigenvalue weighted by atomic mass is 35.5. The van der Waals surface area contributed by atoms with Crippen LogP contribution in [-0.4, -0.2) is 31.2 Å². The Hall–Kier alpha value is -2.45. The van der Waals surface area contributed by atoms with Crippen molar-refractivity contribution in [3.05, 3.63) is 51.9 Å². The summed E-state index contributed by atoms with van der Waals surface area (Å²) in [6.07, 6.45) is 3.83. The molecular formula is C14H14Cl2N6O2. The monoisotopic (exact) mass is 368 g/mol. The summed E-state index contributed by atoms with van der Waals surface area (Å²) < 4.78 is 1.46. The molecule has 0 saturated heterocycles. The molecule has 8 nitrogen and oxygen atoms in total. The number of aryl methyl sites for hydroxylation is 1. The minimum absolute atomic E-state index is 0. The second-order valence-corrected chi connectivity index (χ2v) is 5.30. The number of nitrogens with zero attached hydrogens (tertiary/aromatic N) is 5. The van der Waals surface area contributed by atoms with Gasteiger partial charge in [-0.3, -0.25) is 4.98 Å². The molecule has 0 unspecified atom stereocenters. The van der Waals surface area contributed by atoms with E-state index in [9.17, 15) is 10.1 Å². The van der Waals surface area contributed by atoms with Gasteiger partial charge in [-0.1, -0.05) is 16.6 Å². The Balaban J connectivity index is 0.00000208. The van der Waals surface area contributed by atoms with Crippen molar-refractivity contribution >= 4 is 46.5 Å². The van der Waals surface area contributed by atoms with Crippen LogP contribution in [0.2, 0.25) is 5.02 Å². The molecule has 126 valence electrons. The van der Waals surface area contributed by atoms with Crippen molar-refractivity contribution in [3.63, 3.8) is 0 Å². The molecule has 0 saturated carbocycles. The van der Waals surface area contributed by atoms with Crippen molar-refractivity contribution in [3.8, 4) is 0 Å². The van der Waals surface area contributed by atoms with Gasteiger partial charge in [0.05, 0.1) is 12.1 Å². The van der Waals surface area contributed by atoms with Crippen molar-refractivity contribution in [1.82, 2.24) is 19.7 Å². The number of fused-ring (bicyclic) bond motifs is 1. The van der Waals surface area contributed by atoms with Gasteiger partial charge in [-0.15, -0.1) is 12.4 Å². The standard InChI is InChI=1S/C14H13ClN6O2.ClH/c15-10-2-3-11-12(4-6-17-13(11)8-10)16-5-1-7-20-9-18-14(19-20)21(22)23;/h2-4,6,8-9H,1,5,7H2,(H,16,17);1H. The van der Waals surface area contributed by atoms with Gasteiger partial charge in [0.25, 0.3) is 0 Å². The minimum Gasteiger partial charge on any atom is -0.390 e. The molecular weight excluding hydrogens is 355 g/mol. The second-order valence-electron chi connectivity index (χ2n) is 4.87. The molecule has 1 aromatic carbocycles. The van der Waals surface area contributed by atoms with E-state index in [1.807, 2.05) is 24.3 Å². The molecule has 1 N–H and O–H groups in total. The molecule has 0 bridgehead atoms. The molecule has 2 heterocycles. The van der Waals surface area contributed by atoms with Crippen molar-refractivity contribution in [2.75, 3.05) is 11.9 Å². The number of pyridine rings is 1. The lowest BCUT2D eigenvalue weighted by molar-refractivity contribution is -0.394. The molecule has 0 radical (unpaired) electrons. The van der Waals surface area contributed by atoms with E-state index >= 15 is 0 Å². The fourth-order valence-corrected chi connectivity index (χ4v) is 2.38. The molecule has 2 aromatic heterocycles. The van der Waals surface area contributed by atoms with Crippen LogP contribution in [0.15, 0.2) is 36.8 Å². The van der Waals surface area contributed by atoms with Crippen molar-refractivity contribution in [2.24, 2.45) is 0 Å². The van der Waals surface area contributed by atoms with Crippen LogP contribution in [0.5, 0.6) is 0 Å². The number of halogens is 2. The minimum atomic E-state index is -0.608. The number of aromatic nitrogens is 4. The van der Waals surface area contributed by atoms with Crippen LogP contribution in [-0.2, 0) is 6.54 Å². The molecule has 24 heavy (non-hydrogen) atoms. The lowest BCUT2D eigenvalue weighted by atomic mass is 10.2. The largest absolute Gasteiger partial charge is 0.490 e. The van der Waals surface area contributed by atoms with Gasteiger partial charge < -0.3 is 15.4 Å². The maximum atomic E-state index is 10.5. The highest BCUT2D eigenvalue weighted by molar-refractivity contribution is 6.31. The molecule has 0 atom stereocenters. The maximum Gasteiger partial charge on any atom is 0.490 e. The molecule has 10 heteroatoms. The summed E-state index contributed by atoms with van der Waals surface area (Å²) in [6.45, 7) is 1.23. The summed E-state index contributed by atoms with van der Waals surface area (Å²) in [7, 11) is 0. The van der Waals surface area contributed by atoms with Crippen LogP contribution < -0.4 is 5.32 Å². The third-order valence-electron chi connectivity index (χ3n) is 3.27. The van der Waals surface area contributed by atoms with Gasteiger partial charge in [-0.25, -0.2) is 0 Å². The Labute approximate surface area is 148 Å². The van der Waals surface area contributed by atoms with E-state index in [1.54, 1.807) is 6.20 Å². The van der Waals surface area contributed by atoms with E-state index in [2.05, 4.69) is 20.4 Å². The zero-order valence-corrected chi connectivity index (χ0v) is 14.0. The Morgan fingerprint density at radius 3 is 2.88 bits per heavy atom. The molecule has 3 rings (SSSR count). The van der Waals surface area contributed by atoms with Crippen LogP contribution in [0.1, 0.15) is 6.42 Å². The number of anilines is 1. The molecule has 0 aliphatic rings. The number of hydrogen-bond donors (Lipinski definition) is 1. The average molecular weight is 369 g/mol. The molecule has 0 spiro atoms. The van der Waals surface area contributed by atoms with Gasteiger partial charge in [0.1, 0.15) is 0 Å². The second kappa shape index (κ2) is 7.89. The van der Waals surface area contributed by atoms with Crippen molar-refractivity contribution in [1.29, 1.82) is 0 Å². The normalized spacial score (nSPS) is 10.4. The van der Waals surface area contributed by atoms with Gasteiger partial charge in [0.15, 0.2) is 0 Å². The van der Waals surface area contributed by atoms with Crippen LogP contribution in [0.4, 0.5) is 11.6 Å². The summed E-state index contributed by atoms with van der Waals surface area (Å²) in [6, 6.07) is 7.46. The zero-order chi connectivity index (χ0) is 16.2. The number of rotatable bonds is 6. The first-order valence-corrected chi connectivity index (χ1v) is 7.33. The van der Waals surface area contributed by atoms with Gasteiger partial charge in [-0.2, -0.15) is 4.68 Å². The first kappa shape index (κ1) is 17.9. The fraction of sp³-hybridized carbons (Fsp3) is 0.214. The van der Waals surface area contributed by atoms with Crippen LogP contribution in [0.3, 0.4) is 0 Å². The number of benzene rings is 1. The van der Waals surface area contributed by atoms with E-state index < -0.39 is 4.92 Å². The van der Waals surface area contributed by atoms with E-state index in [0.29, 0.717) is 18.1 Å². The number of hydrogen-bond acceptors (Lipinski definition) is 6. The first-order valence-electron chi connectivity index (χ1n) is 6.95. The zero-order valence-electron chi connectivity index (χ0n) is 12.4. The van der Waals surface area contributed by atoms with E-state index in [1.165, 1.54) is 11.0 Å². The predicted octanol–water partition coefficient (Wildman–Crippen LogP) is 3.31. The van der Waals surface area contributed by atoms with Crippen LogP contribution in [0, 0.1) is 10.1 Å². The van der Waals surface area contributed by atoms with E-state index in [-0.39, 0.29) is 18.4 Å². The highest BCUT2D eigenvalue weighted by Crippen LogP contribution is 2.24. The topological polar surface area (TPSA) is 98.8 Å². The fourth-order valence-electron chi connectivity index (χ4n) is 2.22. The Bertz CT molecular complexity index is 854. The molecule has 3 aromatic rings. The maximum absolute atomic E-state index is 10.5. The Kier molecular flexibility index (Phi) is 5.88. The smallest absolute Gasteiger partial charge is 0.390 e. The lowest BCUT2D eigenvalue weighted by Crippen LogP contribution is -2.07. The summed E-state index contributed by atoms with van der Waals surface area (Å²) in [5.41, 5.74) is 1.80. The van der Waals surface area contributed by atoms with Crippen LogP contribution >= 0.6 is 24.0 Å². The first-order chi connectivity index (χ1) is 11.1. The predicted molar refractivity (Wildman–Crippen MR) is 93.8 cm³/mol. The third-order valence-corrected chi connectivity index (χ3v) is 3.51. The van der Waals surface area contributed by atoms with Gasteiger partial charge in [-0.05, 0) is 35.6 Å². The summed E-state index contributed by atoms with van der Waals surface area (Å²) in [4.78, 5) is 17.8. The Morgan fingerprint density at radius 2 is 2.12 bits per heavy atom. The highest BCUT2D eigenvalue weighted by Gasteiger charge is 2.12. The third kappa shape index (κ3) is 4.09. The molecule has 0 fully saturated rings. The van der Waals surface area contributed by atoms with E-state index in [0.717, 1.165) is 23.0 Å². The number of nitrogens with one attached hydrogen (secondary N) is 1. The van der Waals surface area contributed by atoms with Gasteiger partial charge in [0, 0.05) is 33.9 Å². The quantitative estimate of drug-likeness (QED) is 0.407. The molecule has 0 aliphatic heterocycles. The van der Waals surface area contributed by atoms with Gasteiger partial charge >= 0.3 is 5.95 Å².